The number of nitrogens with zero attached hydrogens (tertiary/aromatic N) is 3. The Bertz CT molecular complexity index is 686. The van der Waals surface area contributed by atoms with E-state index in [1.54, 1.807) is 6.20 Å². The van der Waals surface area contributed by atoms with Gasteiger partial charge in [0.25, 0.3) is 5.91 Å². The van der Waals surface area contributed by atoms with Gasteiger partial charge in [-0.15, -0.1) is 0 Å². The Balaban J connectivity index is 1.93. The molecule has 0 aromatic carbocycles. The summed E-state index contributed by atoms with van der Waals surface area (Å²) in [7, 11) is 1.91. The number of carbonyl (C=O) groups excluding carboxylic acids is 1. The predicted octanol–water partition coefficient (Wildman–Crippen LogP) is 3.36. The van der Waals surface area contributed by atoms with Gasteiger partial charge in [0.15, 0.2) is 0 Å². The number of carbonyl (C=O) groups is 1. The van der Waals surface area contributed by atoms with Crippen LogP contribution in [-0.2, 0) is 0 Å². The third kappa shape index (κ3) is 2.54. The van der Waals surface area contributed by atoms with Gasteiger partial charge in [-0.1, -0.05) is 6.07 Å². The number of pyridine rings is 1. The lowest BCUT2D eigenvalue weighted by atomic mass is 10.1. The maximum atomic E-state index is 12.8. The molecule has 1 atom stereocenters. The van der Waals surface area contributed by atoms with E-state index in [4.69, 9.17) is 0 Å². The lowest BCUT2D eigenvalue weighted by molar-refractivity contribution is 0.0726. The molecule has 4 heteroatoms. The van der Waals surface area contributed by atoms with Crippen molar-refractivity contribution in [3.8, 4) is 5.82 Å². The molecule has 1 aliphatic rings. The van der Waals surface area contributed by atoms with Crippen molar-refractivity contribution >= 4 is 5.91 Å². The van der Waals surface area contributed by atoms with Crippen LogP contribution < -0.4 is 0 Å². The molecule has 0 N–H and O–H groups in total. The molecule has 0 radical (unpaired) electrons. The minimum atomic E-state index is 0.106. The van der Waals surface area contributed by atoms with Crippen LogP contribution in [0, 0.1) is 19.8 Å². The van der Waals surface area contributed by atoms with Crippen molar-refractivity contribution in [3.63, 3.8) is 0 Å². The second-order valence-corrected chi connectivity index (χ2v) is 6.30. The fourth-order valence-electron chi connectivity index (χ4n) is 3.09. The molecule has 116 valence electrons. The van der Waals surface area contributed by atoms with E-state index < -0.39 is 0 Å². The summed E-state index contributed by atoms with van der Waals surface area (Å²) in [6.45, 7) is 6.15. The Labute approximate surface area is 131 Å². The van der Waals surface area contributed by atoms with Gasteiger partial charge in [-0.25, -0.2) is 4.98 Å². The first-order valence-corrected chi connectivity index (χ1v) is 7.88. The summed E-state index contributed by atoms with van der Waals surface area (Å²) >= 11 is 0. The second kappa shape index (κ2) is 5.59. The predicted molar refractivity (Wildman–Crippen MR) is 87.3 cm³/mol. The Hall–Kier alpha value is -2.10. The Morgan fingerprint density at radius 2 is 2.09 bits per heavy atom. The van der Waals surface area contributed by atoms with Crippen LogP contribution in [0.4, 0.5) is 0 Å². The van der Waals surface area contributed by atoms with Gasteiger partial charge in [0.1, 0.15) is 5.82 Å². The van der Waals surface area contributed by atoms with E-state index >= 15 is 0 Å². The molecule has 2 aromatic heterocycles. The molecular formula is C18H23N3O. The largest absolute Gasteiger partial charge is 0.339 e. The molecule has 2 aromatic rings. The molecule has 0 bridgehead atoms. The molecule has 4 nitrogen and oxygen atoms in total. The zero-order valence-corrected chi connectivity index (χ0v) is 13.7. The van der Waals surface area contributed by atoms with E-state index in [0.29, 0.717) is 12.0 Å². The van der Waals surface area contributed by atoms with Gasteiger partial charge in [0, 0.05) is 30.7 Å². The summed E-state index contributed by atoms with van der Waals surface area (Å²) in [4.78, 5) is 19.1. The molecule has 1 saturated carbocycles. The summed E-state index contributed by atoms with van der Waals surface area (Å²) < 4.78 is 2.04. The summed E-state index contributed by atoms with van der Waals surface area (Å²) in [6, 6.07) is 8.11. The van der Waals surface area contributed by atoms with E-state index in [0.717, 1.165) is 22.8 Å². The van der Waals surface area contributed by atoms with Gasteiger partial charge in [0.05, 0.1) is 5.56 Å². The first-order valence-electron chi connectivity index (χ1n) is 7.88. The van der Waals surface area contributed by atoms with Crippen molar-refractivity contribution in [1.82, 2.24) is 14.5 Å². The van der Waals surface area contributed by atoms with Crippen molar-refractivity contribution < 1.29 is 4.79 Å². The van der Waals surface area contributed by atoms with Gasteiger partial charge in [-0.05, 0) is 57.7 Å². The van der Waals surface area contributed by atoms with Crippen molar-refractivity contribution in [3.05, 3.63) is 47.4 Å². The Morgan fingerprint density at radius 1 is 1.36 bits per heavy atom. The topological polar surface area (TPSA) is 38.1 Å². The summed E-state index contributed by atoms with van der Waals surface area (Å²) in [6.07, 6.45) is 4.26. The average molecular weight is 297 g/mol. The van der Waals surface area contributed by atoms with Gasteiger partial charge < -0.3 is 9.47 Å². The summed E-state index contributed by atoms with van der Waals surface area (Å²) in [5.41, 5.74) is 2.77. The van der Waals surface area contributed by atoms with Gasteiger partial charge in [-0.2, -0.15) is 0 Å². The molecular weight excluding hydrogens is 274 g/mol. The molecule has 22 heavy (non-hydrogen) atoms. The molecule has 0 spiro atoms. The smallest absolute Gasteiger partial charge is 0.255 e. The Morgan fingerprint density at radius 3 is 2.68 bits per heavy atom. The second-order valence-electron chi connectivity index (χ2n) is 6.30. The fraction of sp³-hybridized carbons (Fsp3) is 0.444. The molecule has 2 heterocycles. The minimum Gasteiger partial charge on any atom is -0.339 e. The van der Waals surface area contributed by atoms with Crippen LogP contribution in [0.15, 0.2) is 30.5 Å². The lowest BCUT2D eigenvalue weighted by Gasteiger charge is -2.25. The van der Waals surface area contributed by atoms with E-state index in [1.807, 2.05) is 54.6 Å². The average Bonchev–Trinajstić information content (AvgIpc) is 3.32. The number of amides is 1. The quantitative estimate of drug-likeness (QED) is 0.868. The highest BCUT2D eigenvalue weighted by atomic mass is 16.2. The van der Waals surface area contributed by atoms with E-state index in [2.05, 4.69) is 11.9 Å². The molecule has 3 rings (SSSR count). The highest BCUT2D eigenvalue weighted by Crippen LogP contribution is 2.35. The maximum Gasteiger partial charge on any atom is 0.255 e. The SMILES string of the molecule is Cc1cc(C(=O)N(C)C(C)C2CC2)c(C)n1-c1ccccn1. The third-order valence-corrected chi connectivity index (χ3v) is 4.78. The summed E-state index contributed by atoms with van der Waals surface area (Å²) in [5.74, 6) is 1.64. The molecule has 1 fully saturated rings. The number of aromatic nitrogens is 2. The number of hydrogen-bond donors (Lipinski definition) is 0. The Kier molecular flexibility index (Phi) is 3.77. The van der Waals surface area contributed by atoms with Crippen molar-refractivity contribution in [2.45, 2.75) is 39.7 Å². The first-order chi connectivity index (χ1) is 10.5. The zero-order chi connectivity index (χ0) is 15.9. The normalized spacial score (nSPS) is 15.6. The highest BCUT2D eigenvalue weighted by molar-refractivity contribution is 5.96. The van der Waals surface area contributed by atoms with Crippen molar-refractivity contribution in [1.29, 1.82) is 0 Å². The van der Waals surface area contributed by atoms with Gasteiger partial charge in [0.2, 0.25) is 0 Å². The van der Waals surface area contributed by atoms with Gasteiger partial charge >= 0.3 is 0 Å². The third-order valence-electron chi connectivity index (χ3n) is 4.78. The van der Waals surface area contributed by atoms with Gasteiger partial charge in [-0.3, -0.25) is 4.79 Å². The van der Waals surface area contributed by atoms with Crippen LogP contribution in [0.25, 0.3) is 5.82 Å². The molecule has 1 unspecified atom stereocenters. The lowest BCUT2D eigenvalue weighted by Crippen LogP contribution is -2.36. The highest BCUT2D eigenvalue weighted by Gasteiger charge is 2.33. The van der Waals surface area contributed by atoms with E-state index in [1.165, 1.54) is 12.8 Å². The van der Waals surface area contributed by atoms with E-state index in [-0.39, 0.29) is 5.91 Å². The molecule has 1 aliphatic carbocycles. The van der Waals surface area contributed by atoms with Crippen LogP contribution in [0.2, 0.25) is 0 Å². The fourth-order valence-corrected chi connectivity index (χ4v) is 3.09. The van der Waals surface area contributed by atoms with Crippen LogP contribution in [0.5, 0.6) is 0 Å². The molecule has 1 amide bonds. The number of rotatable bonds is 4. The van der Waals surface area contributed by atoms with E-state index in [9.17, 15) is 4.79 Å². The monoisotopic (exact) mass is 297 g/mol. The minimum absolute atomic E-state index is 0.106. The standard InChI is InChI=1S/C18H23N3O/c1-12-11-16(18(22)20(4)13(2)15-8-9-15)14(3)21(12)17-7-5-6-10-19-17/h5-7,10-11,13,15H,8-9H2,1-4H3. The molecule has 0 aliphatic heterocycles. The first kappa shape index (κ1) is 14.8. The zero-order valence-electron chi connectivity index (χ0n) is 13.7. The maximum absolute atomic E-state index is 12.8. The van der Waals surface area contributed by atoms with Crippen LogP contribution in [0.1, 0.15) is 41.5 Å². The van der Waals surface area contributed by atoms with Crippen molar-refractivity contribution in [2.24, 2.45) is 5.92 Å². The van der Waals surface area contributed by atoms with Crippen LogP contribution >= 0.6 is 0 Å². The summed E-state index contributed by atoms with van der Waals surface area (Å²) in [5, 5.41) is 0. The van der Waals surface area contributed by atoms with Crippen LogP contribution in [-0.4, -0.2) is 33.4 Å². The van der Waals surface area contributed by atoms with Crippen LogP contribution in [0.3, 0.4) is 0 Å². The van der Waals surface area contributed by atoms with Crippen molar-refractivity contribution in [2.75, 3.05) is 7.05 Å². The number of aryl methyl sites for hydroxylation is 1. The number of hydrogen-bond acceptors (Lipinski definition) is 2. The molecule has 0 saturated heterocycles.